The highest BCUT2D eigenvalue weighted by molar-refractivity contribution is 9.10. The maximum atomic E-state index is 11.0. The molecule has 2 atom stereocenters. The summed E-state index contributed by atoms with van der Waals surface area (Å²) < 4.78 is 6.62. The summed E-state index contributed by atoms with van der Waals surface area (Å²) in [5, 5.41) is 13.0. The smallest absolute Gasteiger partial charge is 0.335 e. The van der Waals surface area contributed by atoms with Gasteiger partial charge in [0.15, 0.2) is 5.60 Å². The van der Waals surface area contributed by atoms with Crippen LogP contribution in [0.15, 0.2) is 15.2 Å². The molecule has 15 heavy (non-hydrogen) atoms. The standard InChI is InChI=1S/C10H11BrO3S/c1-10(9(12)13)3-2-8(14-10)6-4-15-5-7(6)11/h4-5,8H,2-3H2,1H3,(H,12,13). The summed E-state index contributed by atoms with van der Waals surface area (Å²) in [4.78, 5) is 11.0. The van der Waals surface area contributed by atoms with Gasteiger partial charge < -0.3 is 9.84 Å². The van der Waals surface area contributed by atoms with Crippen LogP contribution in [0, 0.1) is 0 Å². The highest BCUT2D eigenvalue weighted by Crippen LogP contribution is 2.42. The van der Waals surface area contributed by atoms with Crippen LogP contribution in [0.3, 0.4) is 0 Å². The zero-order valence-corrected chi connectivity index (χ0v) is 10.6. The first kappa shape index (κ1) is 11.1. The Bertz CT molecular complexity index is 390. The minimum absolute atomic E-state index is 0.0910. The number of hydrogen-bond acceptors (Lipinski definition) is 3. The van der Waals surface area contributed by atoms with Crippen LogP contribution in [-0.4, -0.2) is 16.7 Å². The van der Waals surface area contributed by atoms with Crippen LogP contribution in [0.1, 0.15) is 31.4 Å². The zero-order valence-electron chi connectivity index (χ0n) is 8.20. The second-order valence-electron chi connectivity index (χ2n) is 3.86. The lowest BCUT2D eigenvalue weighted by Gasteiger charge is -2.19. The number of halogens is 1. The number of carbonyl (C=O) groups is 1. The van der Waals surface area contributed by atoms with E-state index in [2.05, 4.69) is 15.9 Å². The van der Waals surface area contributed by atoms with E-state index in [0.717, 1.165) is 16.5 Å². The Morgan fingerprint density at radius 1 is 1.73 bits per heavy atom. The van der Waals surface area contributed by atoms with Gasteiger partial charge in [0.25, 0.3) is 0 Å². The predicted molar refractivity (Wildman–Crippen MR) is 61.1 cm³/mol. The summed E-state index contributed by atoms with van der Waals surface area (Å²) in [5.74, 6) is -0.878. The van der Waals surface area contributed by atoms with Crippen LogP contribution in [0.5, 0.6) is 0 Å². The lowest BCUT2D eigenvalue weighted by molar-refractivity contribution is -0.162. The predicted octanol–water partition coefficient (Wildman–Crippen LogP) is 3.21. The first-order valence-electron chi connectivity index (χ1n) is 4.66. The highest BCUT2D eigenvalue weighted by Gasteiger charge is 2.43. The average Bonchev–Trinajstić information content (AvgIpc) is 2.73. The van der Waals surface area contributed by atoms with Crippen LogP contribution >= 0.6 is 27.3 Å². The van der Waals surface area contributed by atoms with Crippen LogP contribution in [0.2, 0.25) is 0 Å². The minimum Gasteiger partial charge on any atom is -0.479 e. The fourth-order valence-electron chi connectivity index (χ4n) is 1.74. The number of thiophene rings is 1. The van der Waals surface area contributed by atoms with E-state index in [9.17, 15) is 4.79 Å². The molecule has 0 aliphatic carbocycles. The maximum absolute atomic E-state index is 11.0. The largest absolute Gasteiger partial charge is 0.479 e. The van der Waals surface area contributed by atoms with Crippen LogP contribution in [-0.2, 0) is 9.53 Å². The lowest BCUT2D eigenvalue weighted by atomic mass is 10.0. The number of carboxylic acid groups (broad SMARTS) is 1. The summed E-state index contributed by atoms with van der Waals surface area (Å²) in [6, 6.07) is 0. The summed E-state index contributed by atoms with van der Waals surface area (Å²) in [6.45, 7) is 1.63. The van der Waals surface area contributed by atoms with Crippen LogP contribution < -0.4 is 0 Å². The van der Waals surface area contributed by atoms with Crippen molar-refractivity contribution < 1.29 is 14.6 Å². The molecule has 0 saturated carbocycles. The molecule has 1 aliphatic rings. The molecular weight excluding hydrogens is 280 g/mol. The number of ether oxygens (including phenoxy) is 1. The fraction of sp³-hybridized carbons (Fsp3) is 0.500. The van der Waals surface area contributed by atoms with Gasteiger partial charge in [0.05, 0.1) is 6.10 Å². The Labute approximate surface area is 100 Å². The van der Waals surface area contributed by atoms with E-state index < -0.39 is 11.6 Å². The summed E-state index contributed by atoms with van der Waals surface area (Å²) in [7, 11) is 0. The number of carboxylic acids is 1. The van der Waals surface area contributed by atoms with Crippen molar-refractivity contribution >= 4 is 33.2 Å². The van der Waals surface area contributed by atoms with E-state index in [-0.39, 0.29) is 6.10 Å². The van der Waals surface area contributed by atoms with Gasteiger partial charge in [-0.1, -0.05) is 0 Å². The van der Waals surface area contributed by atoms with Crippen molar-refractivity contribution in [1.82, 2.24) is 0 Å². The molecule has 0 radical (unpaired) electrons. The highest BCUT2D eigenvalue weighted by atomic mass is 79.9. The topological polar surface area (TPSA) is 46.5 Å². The van der Waals surface area contributed by atoms with Gasteiger partial charge in [-0.25, -0.2) is 4.79 Å². The molecule has 1 N–H and O–H groups in total. The van der Waals surface area contributed by atoms with Crippen LogP contribution in [0.25, 0.3) is 0 Å². The lowest BCUT2D eigenvalue weighted by Crippen LogP contribution is -2.34. The molecule has 1 fully saturated rings. The van der Waals surface area contributed by atoms with Crippen molar-refractivity contribution in [2.75, 3.05) is 0 Å². The Hall–Kier alpha value is -0.390. The van der Waals surface area contributed by atoms with E-state index in [0.29, 0.717) is 6.42 Å². The quantitative estimate of drug-likeness (QED) is 0.910. The number of rotatable bonds is 2. The van der Waals surface area contributed by atoms with Crippen molar-refractivity contribution in [3.05, 3.63) is 20.8 Å². The SMILES string of the molecule is CC1(C(=O)O)CCC(c2cscc2Br)O1. The third-order valence-electron chi connectivity index (χ3n) is 2.73. The van der Waals surface area contributed by atoms with E-state index in [1.165, 1.54) is 0 Å². The molecule has 0 aromatic carbocycles. The van der Waals surface area contributed by atoms with Gasteiger partial charge in [-0.15, -0.1) is 0 Å². The molecule has 1 aromatic rings. The van der Waals surface area contributed by atoms with E-state index in [4.69, 9.17) is 9.84 Å². The van der Waals surface area contributed by atoms with E-state index in [1.54, 1.807) is 18.3 Å². The Kier molecular flexibility index (Phi) is 2.87. The number of hydrogen-bond donors (Lipinski definition) is 1. The summed E-state index contributed by atoms with van der Waals surface area (Å²) >= 11 is 5.02. The normalized spacial score (nSPS) is 30.7. The molecule has 1 aromatic heterocycles. The van der Waals surface area contributed by atoms with Crippen LogP contribution in [0.4, 0.5) is 0 Å². The molecule has 0 amide bonds. The molecule has 82 valence electrons. The first-order chi connectivity index (χ1) is 7.03. The Morgan fingerprint density at radius 2 is 2.47 bits per heavy atom. The van der Waals surface area contributed by atoms with Gasteiger partial charge in [0, 0.05) is 15.4 Å². The molecule has 2 rings (SSSR count). The first-order valence-corrected chi connectivity index (χ1v) is 6.39. The summed E-state index contributed by atoms with van der Waals surface area (Å²) in [6.07, 6.45) is 1.24. The van der Waals surface area contributed by atoms with Crippen molar-refractivity contribution in [3.63, 3.8) is 0 Å². The molecule has 3 nitrogen and oxygen atoms in total. The third kappa shape index (κ3) is 1.96. The van der Waals surface area contributed by atoms with E-state index in [1.807, 2.05) is 10.8 Å². The van der Waals surface area contributed by atoms with Gasteiger partial charge in [0.1, 0.15) is 0 Å². The molecule has 2 unspecified atom stereocenters. The molecule has 1 aliphatic heterocycles. The Morgan fingerprint density at radius 3 is 2.93 bits per heavy atom. The summed E-state index contributed by atoms with van der Waals surface area (Å²) in [5.41, 5.74) is 0.0384. The van der Waals surface area contributed by atoms with Gasteiger partial charge in [-0.3, -0.25) is 0 Å². The van der Waals surface area contributed by atoms with Gasteiger partial charge in [0.2, 0.25) is 0 Å². The number of aliphatic carboxylic acids is 1. The fourth-order valence-corrected chi connectivity index (χ4v) is 3.33. The third-order valence-corrected chi connectivity index (χ3v) is 4.48. The average molecular weight is 291 g/mol. The van der Waals surface area contributed by atoms with E-state index >= 15 is 0 Å². The van der Waals surface area contributed by atoms with Gasteiger partial charge in [-0.2, -0.15) is 11.3 Å². The molecule has 5 heteroatoms. The van der Waals surface area contributed by atoms with Crippen molar-refractivity contribution in [2.45, 2.75) is 31.5 Å². The molecular formula is C10H11BrO3S. The van der Waals surface area contributed by atoms with Crippen molar-refractivity contribution in [1.29, 1.82) is 0 Å². The molecule has 0 spiro atoms. The maximum Gasteiger partial charge on any atom is 0.335 e. The molecule has 2 heterocycles. The van der Waals surface area contributed by atoms with Crippen molar-refractivity contribution in [2.24, 2.45) is 0 Å². The van der Waals surface area contributed by atoms with Gasteiger partial charge in [-0.05, 0) is 41.1 Å². The molecule has 1 saturated heterocycles. The minimum atomic E-state index is -1.02. The second kappa shape index (κ2) is 3.88. The zero-order chi connectivity index (χ0) is 11.1. The van der Waals surface area contributed by atoms with Gasteiger partial charge >= 0.3 is 5.97 Å². The molecule has 0 bridgehead atoms. The Balaban J connectivity index is 2.18. The monoisotopic (exact) mass is 290 g/mol. The van der Waals surface area contributed by atoms with Crippen molar-refractivity contribution in [3.8, 4) is 0 Å². The second-order valence-corrected chi connectivity index (χ2v) is 5.45.